The molecule has 7 heteroatoms. The molecule has 0 aliphatic carbocycles. The molecule has 0 radical (unpaired) electrons. The molecule has 1 aromatic carbocycles. The molecule has 0 atom stereocenters. The summed E-state index contributed by atoms with van der Waals surface area (Å²) in [5, 5.41) is 0. The van der Waals surface area contributed by atoms with Gasteiger partial charge in [-0.15, -0.1) is 0 Å². The summed E-state index contributed by atoms with van der Waals surface area (Å²) in [7, 11) is 1.51. The van der Waals surface area contributed by atoms with Gasteiger partial charge in [-0.25, -0.2) is 4.98 Å². The van der Waals surface area contributed by atoms with Crippen molar-refractivity contribution in [3.8, 4) is 17.2 Å². The molecule has 0 spiro atoms. The molecule has 0 amide bonds. The van der Waals surface area contributed by atoms with E-state index in [1.165, 1.54) is 13.3 Å². The molecule has 22 heavy (non-hydrogen) atoms. The lowest BCUT2D eigenvalue weighted by atomic mass is 9.99. The third-order valence-corrected chi connectivity index (χ3v) is 3.13. The number of rotatable bonds is 5. The van der Waals surface area contributed by atoms with Crippen molar-refractivity contribution in [1.82, 2.24) is 9.97 Å². The van der Waals surface area contributed by atoms with E-state index in [2.05, 4.69) is 9.97 Å². The van der Waals surface area contributed by atoms with Crippen molar-refractivity contribution in [3.05, 3.63) is 29.5 Å². The van der Waals surface area contributed by atoms with Crippen LogP contribution >= 0.6 is 0 Å². The minimum absolute atomic E-state index is 0.0669. The van der Waals surface area contributed by atoms with Crippen LogP contribution in [0.15, 0.2) is 18.3 Å². The molecule has 2 aromatic rings. The van der Waals surface area contributed by atoms with Gasteiger partial charge in [0, 0.05) is 5.56 Å². The van der Waals surface area contributed by atoms with Gasteiger partial charge in [-0.3, -0.25) is 4.79 Å². The van der Waals surface area contributed by atoms with Gasteiger partial charge < -0.3 is 20.9 Å². The standard InChI is InChI=1S/C15H18N4O3/c1-8(2)10-5-11(21-3)9(7-20)4-12(10)22-13-6-18-15(17)19-14(13)16/h4-8H,1-3H3,(H4,16,17,18,19). The van der Waals surface area contributed by atoms with Crippen molar-refractivity contribution >= 4 is 18.1 Å². The molecular weight excluding hydrogens is 284 g/mol. The van der Waals surface area contributed by atoms with E-state index in [0.717, 1.165) is 5.56 Å². The van der Waals surface area contributed by atoms with E-state index in [-0.39, 0.29) is 23.4 Å². The number of benzene rings is 1. The van der Waals surface area contributed by atoms with Crippen LogP contribution in [0.3, 0.4) is 0 Å². The van der Waals surface area contributed by atoms with E-state index >= 15 is 0 Å². The first-order chi connectivity index (χ1) is 10.5. The molecule has 0 fully saturated rings. The second kappa shape index (κ2) is 6.30. The van der Waals surface area contributed by atoms with Crippen LogP contribution in [0.1, 0.15) is 35.7 Å². The fourth-order valence-electron chi connectivity index (χ4n) is 2.00. The van der Waals surface area contributed by atoms with E-state index in [1.54, 1.807) is 12.1 Å². The zero-order valence-corrected chi connectivity index (χ0v) is 12.7. The summed E-state index contributed by atoms with van der Waals surface area (Å²) in [6, 6.07) is 3.38. The summed E-state index contributed by atoms with van der Waals surface area (Å²) >= 11 is 0. The Kier molecular flexibility index (Phi) is 4.45. The van der Waals surface area contributed by atoms with Gasteiger partial charge in [-0.05, 0) is 18.1 Å². The summed E-state index contributed by atoms with van der Waals surface area (Å²) in [6.45, 7) is 4.01. The van der Waals surface area contributed by atoms with Gasteiger partial charge in [0.25, 0.3) is 0 Å². The smallest absolute Gasteiger partial charge is 0.222 e. The summed E-state index contributed by atoms with van der Waals surface area (Å²) in [6.07, 6.45) is 2.10. The maximum Gasteiger partial charge on any atom is 0.222 e. The van der Waals surface area contributed by atoms with Gasteiger partial charge in [-0.1, -0.05) is 13.8 Å². The Morgan fingerprint density at radius 2 is 1.91 bits per heavy atom. The highest BCUT2D eigenvalue weighted by Gasteiger charge is 2.16. The number of nitrogen functional groups attached to an aromatic ring is 2. The Labute approximate surface area is 128 Å². The summed E-state index contributed by atoms with van der Waals surface area (Å²) in [5.41, 5.74) is 12.5. The molecule has 0 aliphatic heterocycles. The number of aldehydes is 1. The molecule has 0 unspecified atom stereocenters. The Balaban J connectivity index is 2.50. The quantitative estimate of drug-likeness (QED) is 0.815. The number of hydrogen-bond donors (Lipinski definition) is 2. The second-order valence-electron chi connectivity index (χ2n) is 4.98. The zero-order chi connectivity index (χ0) is 16.3. The number of ether oxygens (including phenoxy) is 2. The normalized spacial score (nSPS) is 10.5. The fraction of sp³-hybridized carbons (Fsp3) is 0.267. The third kappa shape index (κ3) is 3.08. The second-order valence-corrected chi connectivity index (χ2v) is 4.98. The molecule has 7 nitrogen and oxygen atoms in total. The number of carbonyl (C=O) groups excluding carboxylic acids is 1. The predicted molar refractivity (Wildman–Crippen MR) is 83.4 cm³/mol. The summed E-state index contributed by atoms with van der Waals surface area (Å²) < 4.78 is 11.0. The largest absolute Gasteiger partial charge is 0.496 e. The number of nitrogens with zero attached hydrogens (tertiary/aromatic N) is 2. The molecule has 1 aromatic heterocycles. The van der Waals surface area contributed by atoms with Gasteiger partial charge in [0.05, 0.1) is 18.9 Å². The van der Waals surface area contributed by atoms with Crippen LogP contribution in [0.4, 0.5) is 11.8 Å². The van der Waals surface area contributed by atoms with Crippen LogP contribution in [0, 0.1) is 0 Å². The van der Waals surface area contributed by atoms with Gasteiger partial charge in [0.2, 0.25) is 5.95 Å². The number of nitrogens with two attached hydrogens (primary N) is 2. The Bertz CT molecular complexity index is 701. The highest BCUT2D eigenvalue weighted by atomic mass is 16.5. The van der Waals surface area contributed by atoms with Crippen LogP contribution in [-0.4, -0.2) is 23.4 Å². The maximum absolute atomic E-state index is 11.2. The van der Waals surface area contributed by atoms with Crippen LogP contribution in [0.2, 0.25) is 0 Å². The molecule has 0 bridgehead atoms. The molecule has 0 aliphatic rings. The van der Waals surface area contributed by atoms with E-state index in [0.29, 0.717) is 23.3 Å². The first-order valence-electron chi connectivity index (χ1n) is 6.69. The monoisotopic (exact) mass is 302 g/mol. The Morgan fingerprint density at radius 3 is 2.45 bits per heavy atom. The number of anilines is 2. The molecule has 0 saturated heterocycles. The van der Waals surface area contributed by atoms with E-state index in [4.69, 9.17) is 20.9 Å². The summed E-state index contributed by atoms with van der Waals surface area (Å²) in [5.74, 6) is 1.62. The lowest BCUT2D eigenvalue weighted by Crippen LogP contribution is -2.03. The van der Waals surface area contributed by atoms with E-state index in [9.17, 15) is 4.79 Å². The molecule has 116 valence electrons. The zero-order valence-electron chi connectivity index (χ0n) is 12.7. The van der Waals surface area contributed by atoms with Gasteiger partial charge in [0.1, 0.15) is 11.5 Å². The van der Waals surface area contributed by atoms with E-state index in [1.807, 2.05) is 13.8 Å². The topological polar surface area (TPSA) is 113 Å². The highest BCUT2D eigenvalue weighted by Crippen LogP contribution is 2.36. The minimum atomic E-state index is 0.0669. The van der Waals surface area contributed by atoms with Crippen LogP contribution < -0.4 is 20.9 Å². The lowest BCUT2D eigenvalue weighted by molar-refractivity contribution is 0.112. The number of hydrogen-bond acceptors (Lipinski definition) is 7. The number of aromatic nitrogens is 2. The molecule has 4 N–H and O–H groups in total. The third-order valence-electron chi connectivity index (χ3n) is 3.13. The SMILES string of the molecule is COc1cc(C(C)C)c(Oc2cnc(N)nc2N)cc1C=O. The van der Waals surface area contributed by atoms with Crippen molar-refractivity contribution in [2.24, 2.45) is 0 Å². The minimum Gasteiger partial charge on any atom is -0.496 e. The van der Waals surface area contributed by atoms with Gasteiger partial charge in [-0.2, -0.15) is 4.98 Å². The van der Waals surface area contributed by atoms with Crippen LogP contribution in [-0.2, 0) is 0 Å². The van der Waals surface area contributed by atoms with Gasteiger partial charge >= 0.3 is 0 Å². The first-order valence-corrected chi connectivity index (χ1v) is 6.69. The van der Waals surface area contributed by atoms with Crippen molar-refractivity contribution in [3.63, 3.8) is 0 Å². The van der Waals surface area contributed by atoms with Crippen molar-refractivity contribution in [2.45, 2.75) is 19.8 Å². The maximum atomic E-state index is 11.2. The molecule has 0 saturated carbocycles. The van der Waals surface area contributed by atoms with Gasteiger partial charge in [0.15, 0.2) is 17.9 Å². The van der Waals surface area contributed by atoms with Crippen LogP contribution in [0.25, 0.3) is 0 Å². The molecule has 2 rings (SSSR count). The fourth-order valence-corrected chi connectivity index (χ4v) is 2.00. The number of methoxy groups -OCH3 is 1. The first kappa shape index (κ1) is 15.6. The average Bonchev–Trinajstić information content (AvgIpc) is 2.49. The van der Waals surface area contributed by atoms with Crippen LogP contribution in [0.5, 0.6) is 17.2 Å². The Morgan fingerprint density at radius 1 is 1.18 bits per heavy atom. The van der Waals surface area contributed by atoms with Crippen molar-refractivity contribution in [2.75, 3.05) is 18.6 Å². The highest BCUT2D eigenvalue weighted by molar-refractivity contribution is 5.81. The Hall–Kier alpha value is -2.83. The summed E-state index contributed by atoms with van der Waals surface area (Å²) in [4.78, 5) is 18.9. The average molecular weight is 302 g/mol. The van der Waals surface area contributed by atoms with E-state index < -0.39 is 0 Å². The molecular formula is C15H18N4O3. The predicted octanol–water partition coefficient (Wildman–Crippen LogP) is 2.38. The lowest BCUT2D eigenvalue weighted by Gasteiger charge is -2.17. The van der Waals surface area contributed by atoms with Crippen molar-refractivity contribution in [1.29, 1.82) is 0 Å². The van der Waals surface area contributed by atoms with Crippen molar-refractivity contribution < 1.29 is 14.3 Å². The molecule has 1 heterocycles. The number of carbonyl (C=O) groups is 1.